The van der Waals surface area contributed by atoms with E-state index in [-0.39, 0.29) is 0 Å². The molecule has 100 valence electrons. The van der Waals surface area contributed by atoms with E-state index >= 15 is 0 Å². The maximum atomic E-state index is 4.76. The molecule has 1 unspecified atom stereocenters. The minimum atomic E-state index is 0.334. The number of rotatable bonds is 4. The van der Waals surface area contributed by atoms with Crippen molar-refractivity contribution >= 4 is 11.0 Å². The molecule has 0 saturated heterocycles. The Bertz CT molecular complexity index is 546. The number of benzene rings is 1. The highest BCUT2D eigenvalue weighted by molar-refractivity contribution is 5.73. The summed E-state index contributed by atoms with van der Waals surface area (Å²) in [6.45, 7) is 0. The van der Waals surface area contributed by atoms with Gasteiger partial charge in [-0.2, -0.15) is 0 Å². The molecule has 0 spiro atoms. The van der Waals surface area contributed by atoms with E-state index in [4.69, 9.17) is 4.98 Å². The van der Waals surface area contributed by atoms with Gasteiger partial charge in [0.05, 0.1) is 29.0 Å². The van der Waals surface area contributed by atoms with Gasteiger partial charge in [-0.05, 0) is 31.5 Å². The normalized spacial score (nSPS) is 17.9. The number of nitrogens with zero attached hydrogens (tertiary/aromatic N) is 2. The van der Waals surface area contributed by atoms with Crippen molar-refractivity contribution in [2.75, 3.05) is 7.05 Å². The van der Waals surface area contributed by atoms with Crippen LogP contribution in [-0.2, 0) is 0 Å². The van der Waals surface area contributed by atoms with Crippen LogP contribution >= 0.6 is 0 Å². The Morgan fingerprint density at radius 2 is 1.95 bits per heavy atom. The van der Waals surface area contributed by atoms with Crippen LogP contribution in [0.1, 0.15) is 43.8 Å². The average molecular weight is 255 g/mol. The lowest BCUT2D eigenvalue weighted by molar-refractivity contribution is 0.407. The Hall–Kier alpha value is -1.48. The topological polar surface area (TPSA) is 37.8 Å². The zero-order valence-corrected chi connectivity index (χ0v) is 11.5. The van der Waals surface area contributed by atoms with Crippen molar-refractivity contribution in [2.24, 2.45) is 5.92 Å². The van der Waals surface area contributed by atoms with Crippen LogP contribution in [-0.4, -0.2) is 17.0 Å². The van der Waals surface area contributed by atoms with Gasteiger partial charge in [-0.15, -0.1) is 0 Å². The van der Waals surface area contributed by atoms with Crippen LogP contribution in [0.3, 0.4) is 0 Å². The predicted octanol–water partition coefficient (Wildman–Crippen LogP) is 3.47. The first-order chi connectivity index (χ1) is 9.36. The first-order valence-corrected chi connectivity index (χ1v) is 7.26. The lowest BCUT2D eigenvalue weighted by Gasteiger charge is -2.19. The van der Waals surface area contributed by atoms with E-state index in [2.05, 4.69) is 10.3 Å². The SMILES string of the molecule is CNC(CC1CCCC1)c1cnc2ccccc2n1. The summed E-state index contributed by atoms with van der Waals surface area (Å²) in [6.07, 6.45) is 8.65. The quantitative estimate of drug-likeness (QED) is 0.909. The molecule has 1 fully saturated rings. The molecule has 0 radical (unpaired) electrons. The smallest absolute Gasteiger partial charge is 0.0890 e. The number of hydrogen-bond acceptors (Lipinski definition) is 3. The molecule has 1 aromatic carbocycles. The molecule has 1 aromatic heterocycles. The Morgan fingerprint density at radius 3 is 2.68 bits per heavy atom. The maximum Gasteiger partial charge on any atom is 0.0890 e. The monoisotopic (exact) mass is 255 g/mol. The van der Waals surface area contributed by atoms with Gasteiger partial charge < -0.3 is 5.32 Å². The van der Waals surface area contributed by atoms with E-state index in [1.807, 2.05) is 37.5 Å². The lowest BCUT2D eigenvalue weighted by Crippen LogP contribution is -2.20. The molecule has 3 nitrogen and oxygen atoms in total. The molecule has 3 heteroatoms. The van der Waals surface area contributed by atoms with Gasteiger partial charge in [-0.1, -0.05) is 37.8 Å². The van der Waals surface area contributed by atoms with Gasteiger partial charge in [0.1, 0.15) is 0 Å². The summed E-state index contributed by atoms with van der Waals surface area (Å²) >= 11 is 0. The Balaban J connectivity index is 1.83. The van der Waals surface area contributed by atoms with Crippen molar-refractivity contribution in [3.05, 3.63) is 36.2 Å². The Kier molecular flexibility index (Phi) is 3.74. The zero-order chi connectivity index (χ0) is 13.1. The summed E-state index contributed by atoms with van der Waals surface area (Å²) < 4.78 is 0. The van der Waals surface area contributed by atoms with Crippen molar-refractivity contribution in [3.8, 4) is 0 Å². The molecule has 0 aliphatic heterocycles. The molecular weight excluding hydrogens is 234 g/mol. The minimum Gasteiger partial charge on any atom is -0.312 e. The highest BCUT2D eigenvalue weighted by Gasteiger charge is 2.21. The molecular formula is C16H21N3. The van der Waals surface area contributed by atoms with Crippen molar-refractivity contribution in [3.63, 3.8) is 0 Å². The minimum absolute atomic E-state index is 0.334. The first kappa shape index (κ1) is 12.5. The molecule has 3 rings (SSSR count). The zero-order valence-electron chi connectivity index (χ0n) is 11.5. The number of hydrogen-bond donors (Lipinski definition) is 1. The van der Waals surface area contributed by atoms with Gasteiger partial charge in [-0.25, -0.2) is 4.98 Å². The molecule has 1 aliphatic rings. The third kappa shape index (κ3) is 2.76. The standard InChI is InChI=1S/C16H21N3/c1-17-15(10-12-6-2-3-7-12)16-11-18-13-8-4-5-9-14(13)19-16/h4-5,8-9,11-12,15,17H,2-3,6-7,10H2,1H3. The Morgan fingerprint density at radius 1 is 1.21 bits per heavy atom. The van der Waals surface area contributed by atoms with E-state index < -0.39 is 0 Å². The summed E-state index contributed by atoms with van der Waals surface area (Å²) in [5.41, 5.74) is 3.04. The number of aromatic nitrogens is 2. The second kappa shape index (κ2) is 5.66. The van der Waals surface area contributed by atoms with Gasteiger partial charge in [-0.3, -0.25) is 4.98 Å². The summed E-state index contributed by atoms with van der Waals surface area (Å²) in [5.74, 6) is 0.853. The van der Waals surface area contributed by atoms with Crippen LogP contribution in [0.15, 0.2) is 30.5 Å². The molecule has 1 heterocycles. The molecule has 1 N–H and O–H groups in total. The molecule has 1 saturated carbocycles. The van der Waals surface area contributed by atoms with E-state index in [1.54, 1.807) is 0 Å². The van der Waals surface area contributed by atoms with Crippen LogP contribution in [0.4, 0.5) is 0 Å². The van der Waals surface area contributed by atoms with Gasteiger partial charge >= 0.3 is 0 Å². The fourth-order valence-electron chi connectivity index (χ4n) is 3.11. The average Bonchev–Trinajstić information content (AvgIpc) is 2.97. The fraction of sp³-hybridized carbons (Fsp3) is 0.500. The predicted molar refractivity (Wildman–Crippen MR) is 77.9 cm³/mol. The second-order valence-electron chi connectivity index (χ2n) is 5.51. The summed E-state index contributed by atoms with van der Waals surface area (Å²) in [5, 5.41) is 3.41. The summed E-state index contributed by atoms with van der Waals surface area (Å²) in [4.78, 5) is 9.29. The van der Waals surface area contributed by atoms with Crippen LogP contribution in [0, 0.1) is 5.92 Å². The van der Waals surface area contributed by atoms with Gasteiger partial charge in [0, 0.05) is 0 Å². The molecule has 1 aliphatic carbocycles. The van der Waals surface area contributed by atoms with E-state index in [9.17, 15) is 0 Å². The van der Waals surface area contributed by atoms with Gasteiger partial charge in [0.2, 0.25) is 0 Å². The van der Waals surface area contributed by atoms with E-state index in [0.29, 0.717) is 6.04 Å². The van der Waals surface area contributed by atoms with Crippen molar-refractivity contribution in [1.29, 1.82) is 0 Å². The largest absolute Gasteiger partial charge is 0.312 e. The second-order valence-corrected chi connectivity index (χ2v) is 5.51. The van der Waals surface area contributed by atoms with Crippen LogP contribution < -0.4 is 5.32 Å². The number of fused-ring (bicyclic) bond motifs is 1. The Labute approximate surface area is 114 Å². The molecule has 2 aromatic rings. The van der Waals surface area contributed by atoms with Gasteiger partial charge in [0.25, 0.3) is 0 Å². The number of para-hydroxylation sites is 2. The van der Waals surface area contributed by atoms with Crippen LogP contribution in [0.25, 0.3) is 11.0 Å². The van der Waals surface area contributed by atoms with Crippen molar-refractivity contribution in [1.82, 2.24) is 15.3 Å². The highest BCUT2D eigenvalue weighted by Crippen LogP contribution is 2.32. The van der Waals surface area contributed by atoms with Gasteiger partial charge in [0.15, 0.2) is 0 Å². The van der Waals surface area contributed by atoms with Crippen molar-refractivity contribution < 1.29 is 0 Å². The maximum absolute atomic E-state index is 4.76. The molecule has 19 heavy (non-hydrogen) atoms. The molecule has 1 atom stereocenters. The van der Waals surface area contributed by atoms with Crippen molar-refractivity contribution in [2.45, 2.75) is 38.1 Å². The van der Waals surface area contributed by atoms with E-state index in [0.717, 1.165) is 22.6 Å². The summed E-state index contributed by atoms with van der Waals surface area (Å²) in [7, 11) is 2.02. The molecule has 0 amide bonds. The lowest BCUT2D eigenvalue weighted by atomic mass is 9.96. The van der Waals surface area contributed by atoms with E-state index in [1.165, 1.54) is 32.1 Å². The molecule has 0 bridgehead atoms. The third-order valence-electron chi connectivity index (χ3n) is 4.22. The number of nitrogens with one attached hydrogen (secondary N) is 1. The third-order valence-corrected chi connectivity index (χ3v) is 4.22. The first-order valence-electron chi connectivity index (χ1n) is 7.26. The fourth-order valence-corrected chi connectivity index (χ4v) is 3.11. The van der Waals surface area contributed by atoms with Crippen LogP contribution in [0.5, 0.6) is 0 Å². The van der Waals surface area contributed by atoms with Crippen LogP contribution in [0.2, 0.25) is 0 Å². The highest BCUT2D eigenvalue weighted by atomic mass is 14.9. The summed E-state index contributed by atoms with van der Waals surface area (Å²) in [6, 6.07) is 8.41.